The molecule has 4 nitrogen and oxygen atoms in total. The van der Waals surface area contributed by atoms with Crippen LogP contribution in [0.25, 0.3) is 0 Å². The fourth-order valence-electron chi connectivity index (χ4n) is 3.34. The molecule has 0 aromatic carbocycles. The first kappa shape index (κ1) is 10.4. The van der Waals surface area contributed by atoms with Gasteiger partial charge in [0.05, 0.1) is 0 Å². The Labute approximate surface area is 97.2 Å². The van der Waals surface area contributed by atoms with Crippen molar-refractivity contribution in [3.8, 4) is 0 Å². The van der Waals surface area contributed by atoms with E-state index in [4.69, 9.17) is 0 Å². The fraction of sp³-hybridized carbons (Fsp3) is 0.917. The number of amides is 2. The van der Waals surface area contributed by atoms with Crippen molar-refractivity contribution < 1.29 is 4.79 Å². The predicted molar refractivity (Wildman–Crippen MR) is 62.3 cm³/mol. The van der Waals surface area contributed by atoms with Gasteiger partial charge < -0.3 is 9.80 Å². The van der Waals surface area contributed by atoms with Gasteiger partial charge in [0.25, 0.3) is 0 Å². The zero-order valence-corrected chi connectivity index (χ0v) is 10.1. The van der Waals surface area contributed by atoms with Crippen LogP contribution in [0.1, 0.15) is 26.2 Å². The molecule has 4 heterocycles. The molecule has 4 rings (SSSR count). The third-order valence-electron chi connectivity index (χ3n) is 4.31. The summed E-state index contributed by atoms with van der Waals surface area (Å²) in [6, 6.07) is 1.33. The van der Waals surface area contributed by atoms with Crippen LogP contribution in [-0.4, -0.2) is 65.5 Å². The zero-order chi connectivity index (χ0) is 11.1. The number of nitrogens with zero attached hydrogens (tertiary/aromatic N) is 3. The molecule has 16 heavy (non-hydrogen) atoms. The van der Waals surface area contributed by atoms with Crippen molar-refractivity contribution in [1.82, 2.24) is 14.7 Å². The Morgan fingerprint density at radius 3 is 2.38 bits per heavy atom. The number of piperidine rings is 1. The maximum atomic E-state index is 12.3. The molecule has 0 spiro atoms. The van der Waals surface area contributed by atoms with Gasteiger partial charge in [0.2, 0.25) is 0 Å². The van der Waals surface area contributed by atoms with E-state index in [0.29, 0.717) is 18.1 Å². The number of rotatable bonds is 1. The minimum Gasteiger partial charge on any atom is -0.325 e. The Hall–Kier alpha value is -0.770. The van der Waals surface area contributed by atoms with Crippen molar-refractivity contribution in [2.45, 2.75) is 38.3 Å². The van der Waals surface area contributed by atoms with Crippen LogP contribution in [0, 0.1) is 0 Å². The number of carbonyl (C=O) groups excluding carboxylic acids is 1. The predicted octanol–water partition coefficient (Wildman–Crippen LogP) is 0.981. The second-order valence-electron chi connectivity index (χ2n) is 5.28. The number of urea groups is 1. The average Bonchev–Trinajstić information content (AvgIpc) is 2.82. The van der Waals surface area contributed by atoms with Crippen LogP contribution < -0.4 is 0 Å². The largest absolute Gasteiger partial charge is 0.325 e. The molecule has 4 fully saturated rings. The van der Waals surface area contributed by atoms with Gasteiger partial charge in [-0.3, -0.25) is 4.90 Å². The Morgan fingerprint density at radius 1 is 1.19 bits per heavy atom. The first-order valence-electron chi connectivity index (χ1n) is 6.59. The van der Waals surface area contributed by atoms with Gasteiger partial charge >= 0.3 is 6.03 Å². The van der Waals surface area contributed by atoms with Gasteiger partial charge in [-0.2, -0.15) is 0 Å². The molecule has 0 saturated carbocycles. The number of hydrogen-bond donors (Lipinski definition) is 0. The molecule has 2 bridgehead atoms. The maximum Gasteiger partial charge on any atom is 0.320 e. The lowest BCUT2D eigenvalue weighted by Gasteiger charge is -2.56. The molecule has 0 N–H and O–H groups in total. The quantitative estimate of drug-likeness (QED) is 0.662. The molecule has 4 saturated heterocycles. The number of likely N-dealkylation sites (N-methyl/N-ethyl adjacent to an activating group) is 1. The molecule has 4 aliphatic heterocycles. The highest BCUT2D eigenvalue weighted by Crippen LogP contribution is 2.33. The van der Waals surface area contributed by atoms with Gasteiger partial charge in [-0.05, 0) is 25.8 Å². The van der Waals surface area contributed by atoms with E-state index in [-0.39, 0.29) is 0 Å². The third kappa shape index (κ3) is 1.51. The molecule has 0 aliphatic carbocycles. The highest BCUT2D eigenvalue weighted by atomic mass is 16.2. The van der Waals surface area contributed by atoms with Gasteiger partial charge in [-0.25, -0.2) is 4.79 Å². The highest BCUT2D eigenvalue weighted by Gasteiger charge is 2.48. The van der Waals surface area contributed by atoms with E-state index in [1.165, 1.54) is 19.3 Å². The second-order valence-corrected chi connectivity index (χ2v) is 5.28. The molecule has 2 unspecified atom stereocenters. The highest BCUT2D eigenvalue weighted by molar-refractivity contribution is 5.76. The summed E-state index contributed by atoms with van der Waals surface area (Å²) in [5, 5.41) is 0. The Balaban J connectivity index is 1.63. The number of carbonyl (C=O) groups is 1. The van der Waals surface area contributed by atoms with Gasteiger partial charge in [0.15, 0.2) is 0 Å². The summed E-state index contributed by atoms with van der Waals surface area (Å²) in [7, 11) is 0. The van der Waals surface area contributed by atoms with E-state index in [0.717, 1.165) is 32.7 Å². The molecule has 0 aromatic rings. The monoisotopic (exact) mass is 223 g/mol. The third-order valence-corrected chi connectivity index (χ3v) is 4.31. The van der Waals surface area contributed by atoms with Crippen molar-refractivity contribution in [2.75, 3.05) is 32.7 Å². The van der Waals surface area contributed by atoms with Crippen LogP contribution in [0.2, 0.25) is 0 Å². The van der Waals surface area contributed by atoms with Crippen LogP contribution in [0.3, 0.4) is 0 Å². The van der Waals surface area contributed by atoms with Gasteiger partial charge in [-0.1, -0.05) is 6.92 Å². The van der Waals surface area contributed by atoms with Crippen molar-refractivity contribution in [2.24, 2.45) is 0 Å². The molecule has 0 radical (unpaired) electrons. The Morgan fingerprint density at radius 2 is 1.81 bits per heavy atom. The van der Waals surface area contributed by atoms with Gasteiger partial charge in [0, 0.05) is 38.3 Å². The van der Waals surface area contributed by atoms with Crippen molar-refractivity contribution in [1.29, 1.82) is 0 Å². The normalized spacial score (nSPS) is 34.1. The molecular weight excluding hydrogens is 202 g/mol. The lowest BCUT2D eigenvalue weighted by atomic mass is 9.88. The summed E-state index contributed by atoms with van der Waals surface area (Å²) in [4.78, 5) is 18.9. The molecule has 4 aliphatic rings. The number of hydrogen-bond acceptors (Lipinski definition) is 2. The lowest BCUT2D eigenvalue weighted by Crippen LogP contribution is -2.71. The summed E-state index contributed by atoms with van der Waals surface area (Å²) in [5.74, 6) is 0. The van der Waals surface area contributed by atoms with Crippen molar-refractivity contribution in [3.63, 3.8) is 0 Å². The second kappa shape index (κ2) is 3.91. The number of likely N-dealkylation sites (tertiary alicyclic amines) is 1. The Bertz CT molecular complexity index is 276. The van der Waals surface area contributed by atoms with E-state index in [9.17, 15) is 4.79 Å². The standard InChI is InChI=1S/C12H21N3O/c1-2-13-8-10-7-11(9-13)15(10)12(16)14-5-3-4-6-14/h10-11H,2-9H2,1H3. The topological polar surface area (TPSA) is 26.8 Å². The van der Waals surface area contributed by atoms with Crippen molar-refractivity contribution >= 4 is 6.03 Å². The molecule has 90 valence electrons. The minimum absolute atomic E-state index is 0.314. The van der Waals surface area contributed by atoms with E-state index in [2.05, 4.69) is 16.7 Å². The average molecular weight is 223 g/mol. The van der Waals surface area contributed by atoms with Crippen molar-refractivity contribution in [3.05, 3.63) is 0 Å². The lowest BCUT2D eigenvalue weighted by molar-refractivity contribution is -0.0426. The smallest absolute Gasteiger partial charge is 0.320 e. The number of fused-ring (bicyclic) bond motifs is 2. The molecular formula is C12H21N3O. The molecule has 4 heteroatoms. The van der Waals surface area contributed by atoms with E-state index < -0.39 is 0 Å². The van der Waals surface area contributed by atoms with Crippen LogP contribution in [0.5, 0.6) is 0 Å². The summed E-state index contributed by atoms with van der Waals surface area (Å²) in [5.41, 5.74) is 0. The Kier molecular flexibility index (Phi) is 2.54. The van der Waals surface area contributed by atoms with Gasteiger partial charge in [-0.15, -0.1) is 0 Å². The van der Waals surface area contributed by atoms with E-state index in [1.807, 2.05) is 4.90 Å². The SMILES string of the molecule is CCN1CC2CC(C1)N2C(=O)N1CCCC1. The summed E-state index contributed by atoms with van der Waals surface area (Å²) >= 11 is 0. The van der Waals surface area contributed by atoms with Gasteiger partial charge in [0.1, 0.15) is 0 Å². The first-order valence-corrected chi connectivity index (χ1v) is 6.59. The summed E-state index contributed by atoms with van der Waals surface area (Å²) < 4.78 is 0. The fourth-order valence-corrected chi connectivity index (χ4v) is 3.34. The van der Waals surface area contributed by atoms with Crippen LogP contribution >= 0.6 is 0 Å². The first-order chi connectivity index (χ1) is 7.79. The van der Waals surface area contributed by atoms with Crippen LogP contribution in [0.4, 0.5) is 4.79 Å². The van der Waals surface area contributed by atoms with E-state index >= 15 is 0 Å². The number of piperazine rings is 1. The maximum absolute atomic E-state index is 12.3. The molecule has 2 amide bonds. The summed E-state index contributed by atoms with van der Waals surface area (Å²) in [6.45, 7) is 7.47. The van der Waals surface area contributed by atoms with Crippen LogP contribution in [-0.2, 0) is 0 Å². The zero-order valence-electron chi connectivity index (χ0n) is 10.1. The van der Waals surface area contributed by atoms with E-state index in [1.54, 1.807) is 0 Å². The minimum atomic E-state index is 0.314. The summed E-state index contributed by atoms with van der Waals surface area (Å²) in [6.07, 6.45) is 3.61. The molecule has 2 atom stereocenters. The molecule has 0 aromatic heterocycles. The van der Waals surface area contributed by atoms with Crippen LogP contribution in [0.15, 0.2) is 0 Å².